The molecule has 2 nitrogen and oxygen atoms in total. The first-order valence-corrected chi connectivity index (χ1v) is 4.92. The third-order valence-electron chi connectivity index (χ3n) is 2.29. The molecule has 0 saturated carbocycles. The van der Waals surface area contributed by atoms with Crippen molar-refractivity contribution in [1.29, 1.82) is 0 Å². The molecule has 0 amide bonds. The van der Waals surface area contributed by atoms with Crippen LogP contribution < -0.4 is 0 Å². The van der Waals surface area contributed by atoms with Crippen LogP contribution in [0.3, 0.4) is 0 Å². The van der Waals surface area contributed by atoms with Crippen LogP contribution >= 0.6 is 0 Å². The molecular formula is C11H24O2. The normalized spacial score (nSPS) is 17.1. The lowest BCUT2D eigenvalue weighted by Gasteiger charge is -2.29. The molecule has 0 aliphatic heterocycles. The highest BCUT2D eigenvalue weighted by Crippen LogP contribution is 2.27. The number of hydrogen-bond acceptors (Lipinski definition) is 2. The molecule has 0 spiro atoms. The standard InChI is InChI=1S/C11H24O2/c1-9(13-6)10(8-12-5)7-11(2,3)4/h9-10H,7-8H2,1-6H3. The summed E-state index contributed by atoms with van der Waals surface area (Å²) in [5, 5.41) is 0. The van der Waals surface area contributed by atoms with Crippen molar-refractivity contribution in [2.75, 3.05) is 20.8 Å². The van der Waals surface area contributed by atoms with Crippen LogP contribution in [0.4, 0.5) is 0 Å². The van der Waals surface area contributed by atoms with Crippen molar-refractivity contribution in [3.63, 3.8) is 0 Å². The molecule has 2 unspecified atom stereocenters. The zero-order valence-electron chi connectivity index (χ0n) is 9.89. The smallest absolute Gasteiger partial charge is 0.0593 e. The lowest BCUT2D eigenvalue weighted by Crippen LogP contribution is -2.28. The first kappa shape index (κ1) is 12.9. The predicted molar refractivity (Wildman–Crippen MR) is 55.9 cm³/mol. The summed E-state index contributed by atoms with van der Waals surface area (Å²) in [7, 11) is 3.51. The fourth-order valence-electron chi connectivity index (χ4n) is 1.55. The van der Waals surface area contributed by atoms with Crippen LogP contribution in [0.5, 0.6) is 0 Å². The van der Waals surface area contributed by atoms with Crippen LogP contribution in [-0.2, 0) is 9.47 Å². The van der Waals surface area contributed by atoms with E-state index in [0.717, 1.165) is 13.0 Å². The lowest BCUT2D eigenvalue weighted by molar-refractivity contribution is 0.00834. The molecule has 0 aromatic heterocycles. The summed E-state index contributed by atoms with van der Waals surface area (Å²) < 4.78 is 10.5. The summed E-state index contributed by atoms with van der Waals surface area (Å²) in [6.45, 7) is 9.63. The third-order valence-corrected chi connectivity index (χ3v) is 2.29. The molecule has 2 atom stereocenters. The molecule has 0 aliphatic rings. The third kappa shape index (κ3) is 6.05. The van der Waals surface area contributed by atoms with Gasteiger partial charge in [0.25, 0.3) is 0 Å². The van der Waals surface area contributed by atoms with Gasteiger partial charge in [-0.2, -0.15) is 0 Å². The van der Waals surface area contributed by atoms with Gasteiger partial charge in [-0.05, 0) is 18.8 Å². The minimum absolute atomic E-state index is 0.277. The first-order valence-electron chi connectivity index (χ1n) is 4.92. The summed E-state index contributed by atoms with van der Waals surface area (Å²) in [5.41, 5.74) is 0.343. The zero-order chi connectivity index (χ0) is 10.5. The molecule has 13 heavy (non-hydrogen) atoms. The van der Waals surface area contributed by atoms with Crippen LogP contribution in [0, 0.1) is 11.3 Å². The molecule has 0 aromatic carbocycles. The van der Waals surface area contributed by atoms with Crippen molar-refractivity contribution in [3.8, 4) is 0 Å². The predicted octanol–water partition coefficient (Wildman–Crippen LogP) is 2.72. The van der Waals surface area contributed by atoms with E-state index in [9.17, 15) is 0 Å². The molecular weight excluding hydrogens is 164 g/mol. The van der Waals surface area contributed by atoms with Crippen LogP contribution in [0.15, 0.2) is 0 Å². The molecule has 80 valence electrons. The monoisotopic (exact) mass is 188 g/mol. The van der Waals surface area contributed by atoms with Crippen molar-refractivity contribution in [2.45, 2.75) is 40.2 Å². The van der Waals surface area contributed by atoms with E-state index in [1.807, 2.05) is 0 Å². The Morgan fingerprint density at radius 2 is 1.69 bits per heavy atom. The molecule has 0 heterocycles. The van der Waals surface area contributed by atoms with Crippen LogP contribution in [0.25, 0.3) is 0 Å². The Morgan fingerprint density at radius 3 is 2.00 bits per heavy atom. The van der Waals surface area contributed by atoms with Gasteiger partial charge >= 0.3 is 0 Å². The Morgan fingerprint density at radius 1 is 1.15 bits per heavy atom. The van der Waals surface area contributed by atoms with Crippen molar-refractivity contribution in [1.82, 2.24) is 0 Å². The summed E-state index contributed by atoms with van der Waals surface area (Å²) >= 11 is 0. The van der Waals surface area contributed by atoms with Crippen LogP contribution in [0.2, 0.25) is 0 Å². The molecule has 0 saturated heterocycles. The van der Waals surface area contributed by atoms with Gasteiger partial charge in [0.1, 0.15) is 0 Å². The highest BCUT2D eigenvalue weighted by molar-refractivity contribution is 4.73. The van der Waals surface area contributed by atoms with E-state index in [-0.39, 0.29) is 6.10 Å². The maximum atomic E-state index is 5.33. The van der Waals surface area contributed by atoms with Crippen molar-refractivity contribution in [3.05, 3.63) is 0 Å². The van der Waals surface area contributed by atoms with E-state index in [0.29, 0.717) is 11.3 Å². The molecule has 0 aromatic rings. The van der Waals surface area contributed by atoms with E-state index in [2.05, 4.69) is 27.7 Å². The SMILES string of the molecule is COCC(CC(C)(C)C)C(C)OC. The van der Waals surface area contributed by atoms with Crippen molar-refractivity contribution in [2.24, 2.45) is 11.3 Å². The lowest BCUT2D eigenvalue weighted by atomic mass is 9.83. The molecule has 0 fully saturated rings. The van der Waals surface area contributed by atoms with Gasteiger partial charge in [0.2, 0.25) is 0 Å². The molecule has 0 N–H and O–H groups in total. The average Bonchev–Trinajstić information content (AvgIpc) is 2.00. The Kier molecular flexibility index (Phi) is 5.57. The van der Waals surface area contributed by atoms with Crippen LogP contribution in [0.1, 0.15) is 34.1 Å². The van der Waals surface area contributed by atoms with E-state index in [4.69, 9.17) is 9.47 Å². The summed E-state index contributed by atoms with van der Waals surface area (Å²) in [6.07, 6.45) is 1.41. The van der Waals surface area contributed by atoms with Gasteiger partial charge in [0.05, 0.1) is 12.7 Å². The summed E-state index contributed by atoms with van der Waals surface area (Å²) in [5.74, 6) is 0.495. The van der Waals surface area contributed by atoms with Gasteiger partial charge < -0.3 is 9.47 Å². The van der Waals surface area contributed by atoms with E-state index in [1.54, 1.807) is 14.2 Å². The molecule has 0 radical (unpaired) electrons. The second-order valence-corrected chi connectivity index (χ2v) is 4.92. The van der Waals surface area contributed by atoms with Gasteiger partial charge in [0, 0.05) is 20.1 Å². The minimum atomic E-state index is 0.277. The Balaban J connectivity index is 4.09. The largest absolute Gasteiger partial charge is 0.384 e. The quantitative estimate of drug-likeness (QED) is 0.660. The fourth-order valence-corrected chi connectivity index (χ4v) is 1.55. The number of rotatable bonds is 5. The number of ether oxygens (including phenoxy) is 2. The second-order valence-electron chi connectivity index (χ2n) is 4.92. The highest BCUT2D eigenvalue weighted by atomic mass is 16.5. The van der Waals surface area contributed by atoms with E-state index < -0.39 is 0 Å². The Labute approximate surface area is 82.6 Å². The van der Waals surface area contributed by atoms with Crippen LogP contribution in [-0.4, -0.2) is 26.9 Å². The second kappa shape index (κ2) is 5.61. The average molecular weight is 188 g/mol. The van der Waals surface area contributed by atoms with Crippen molar-refractivity contribution < 1.29 is 9.47 Å². The van der Waals surface area contributed by atoms with E-state index >= 15 is 0 Å². The minimum Gasteiger partial charge on any atom is -0.384 e. The van der Waals surface area contributed by atoms with Gasteiger partial charge in [-0.15, -0.1) is 0 Å². The van der Waals surface area contributed by atoms with Gasteiger partial charge in [0.15, 0.2) is 0 Å². The van der Waals surface area contributed by atoms with Gasteiger partial charge in [-0.1, -0.05) is 20.8 Å². The first-order chi connectivity index (χ1) is 5.90. The van der Waals surface area contributed by atoms with Crippen molar-refractivity contribution >= 4 is 0 Å². The molecule has 2 heteroatoms. The fraction of sp³-hybridized carbons (Fsp3) is 1.00. The number of methoxy groups -OCH3 is 2. The van der Waals surface area contributed by atoms with Gasteiger partial charge in [-0.25, -0.2) is 0 Å². The molecule has 0 rings (SSSR count). The summed E-state index contributed by atoms with van der Waals surface area (Å²) in [6, 6.07) is 0. The summed E-state index contributed by atoms with van der Waals surface area (Å²) in [4.78, 5) is 0. The molecule has 0 bridgehead atoms. The topological polar surface area (TPSA) is 18.5 Å². The Hall–Kier alpha value is -0.0800. The number of hydrogen-bond donors (Lipinski definition) is 0. The Bertz CT molecular complexity index is 127. The maximum Gasteiger partial charge on any atom is 0.0593 e. The van der Waals surface area contributed by atoms with Gasteiger partial charge in [-0.3, -0.25) is 0 Å². The molecule has 0 aliphatic carbocycles. The zero-order valence-corrected chi connectivity index (χ0v) is 9.89. The highest BCUT2D eigenvalue weighted by Gasteiger charge is 2.23. The maximum absolute atomic E-state index is 5.33. The van der Waals surface area contributed by atoms with E-state index in [1.165, 1.54) is 0 Å².